The van der Waals surface area contributed by atoms with Crippen LogP contribution in [0, 0.1) is 5.82 Å². The van der Waals surface area contributed by atoms with Gasteiger partial charge in [-0.05, 0) is 55.0 Å². The Morgan fingerprint density at radius 2 is 2.00 bits per heavy atom. The topological polar surface area (TPSA) is 58.1 Å². The molecule has 0 bridgehead atoms. The predicted molar refractivity (Wildman–Crippen MR) is 108 cm³/mol. The number of nitrogens with one attached hydrogen (secondary N) is 1. The van der Waals surface area contributed by atoms with Crippen molar-refractivity contribution in [2.24, 2.45) is 0 Å². The number of benzene rings is 1. The summed E-state index contributed by atoms with van der Waals surface area (Å²) in [5.74, 6) is 0.140. The lowest BCUT2D eigenvalue weighted by Crippen LogP contribution is -2.48. The molecule has 1 fully saturated rings. The van der Waals surface area contributed by atoms with Crippen LogP contribution in [0.15, 0.2) is 42.7 Å². The Labute approximate surface area is 168 Å². The zero-order valence-corrected chi connectivity index (χ0v) is 16.9. The van der Waals surface area contributed by atoms with E-state index in [2.05, 4.69) is 9.97 Å². The number of rotatable bonds is 7. The monoisotopic (exact) mass is 400 g/mol. The quantitative estimate of drug-likeness (QED) is 0.596. The first kappa shape index (κ1) is 19.8. The molecule has 4 nitrogen and oxygen atoms in total. The van der Waals surface area contributed by atoms with Crippen LogP contribution in [0.25, 0.3) is 10.9 Å². The van der Waals surface area contributed by atoms with Crippen molar-refractivity contribution in [3.63, 3.8) is 0 Å². The summed E-state index contributed by atoms with van der Waals surface area (Å²) in [5.41, 5.74) is -1.75. The number of aromatic nitrogens is 2. The third-order valence-corrected chi connectivity index (χ3v) is 6.11. The number of methoxy groups -OCH3 is 1. The van der Waals surface area contributed by atoms with Crippen molar-refractivity contribution in [3.8, 4) is 5.75 Å². The van der Waals surface area contributed by atoms with Crippen molar-refractivity contribution >= 4 is 10.9 Å². The average molecular weight is 400 g/mol. The molecule has 0 spiro atoms. The van der Waals surface area contributed by atoms with E-state index >= 15 is 4.39 Å². The van der Waals surface area contributed by atoms with E-state index in [-0.39, 0.29) is 18.7 Å². The minimum Gasteiger partial charge on any atom is -0.496 e. The van der Waals surface area contributed by atoms with Crippen molar-refractivity contribution in [3.05, 3.63) is 59.8 Å². The van der Waals surface area contributed by atoms with Gasteiger partial charge in [0.25, 0.3) is 0 Å². The number of H-pyrrole nitrogens is 1. The molecule has 1 aliphatic rings. The van der Waals surface area contributed by atoms with Crippen LogP contribution in [0.4, 0.5) is 8.78 Å². The molecule has 3 aromatic rings. The lowest BCUT2D eigenvalue weighted by atomic mass is 9.71. The lowest BCUT2D eigenvalue weighted by Gasteiger charge is -2.39. The molecule has 1 aliphatic carbocycles. The van der Waals surface area contributed by atoms with Crippen molar-refractivity contribution < 1.29 is 18.6 Å². The summed E-state index contributed by atoms with van der Waals surface area (Å²) in [7, 11) is 1.52. The fourth-order valence-electron chi connectivity index (χ4n) is 4.43. The van der Waals surface area contributed by atoms with Crippen molar-refractivity contribution in [2.75, 3.05) is 7.11 Å². The maximum Gasteiger partial charge on any atom is 0.140 e. The molecule has 2 heterocycles. The largest absolute Gasteiger partial charge is 0.496 e. The number of hydrogen-bond acceptors (Lipinski definition) is 3. The number of aliphatic hydroxyl groups is 1. The molecule has 0 aliphatic heterocycles. The molecule has 1 unspecified atom stereocenters. The zero-order chi connectivity index (χ0) is 20.9. The molecule has 1 aromatic carbocycles. The van der Waals surface area contributed by atoms with Gasteiger partial charge in [-0.15, -0.1) is 0 Å². The van der Waals surface area contributed by atoms with Crippen LogP contribution in [-0.2, 0) is 11.8 Å². The van der Waals surface area contributed by atoms with Crippen LogP contribution in [0.1, 0.15) is 44.4 Å². The lowest BCUT2D eigenvalue weighted by molar-refractivity contribution is -0.0697. The van der Waals surface area contributed by atoms with Gasteiger partial charge in [-0.25, -0.2) is 8.78 Å². The van der Waals surface area contributed by atoms with Crippen LogP contribution in [-0.4, -0.2) is 33.5 Å². The summed E-state index contributed by atoms with van der Waals surface area (Å²) in [5, 5.41) is 12.5. The fourth-order valence-corrected chi connectivity index (χ4v) is 4.43. The van der Waals surface area contributed by atoms with Gasteiger partial charge in [0.05, 0.1) is 18.8 Å². The maximum atomic E-state index is 15.4. The summed E-state index contributed by atoms with van der Waals surface area (Å²) >= 11 is 0. The number of ether oxygens (including phenoxy) is 1. The minimum atomic E-state index is -1.65. The van der Waals surface area contributed by atoms with Crippen LogP contribution in [0.2, 0.25) is 0 Å². The summed E-state index contributed by atoms with van der Waals surface area (Å²) < 4.78 is 34.8. The normalized spacial score (nSPS) is 17.9. The van der Waals surface area contributed by atoms with Gasteiger partial charge >= 0.3 is 0 Å². The van der Waals surface area contributed by atoms with Gasteiger partial charge in [0.15, 0.2) is 0 Å². The highest BCUT2D eigenvalue weighted by atomic mass is 19.1. The van der Waals surface area contributed by atoms with Gasteiger partial charge in [-0.1, -0.05) is 13.8 Å². The van der Waals surface area contributed by atoms with Gasteiger partial charge in [-0.3, -0.25) is 4.98 Å². The predicted octanol–water partition coefficient (Wildman–Crippen LogP) is 4.85. The van der Waals surface area contributed by atoms with E-state index in [4.69, 9.17) is 4.74 Å². The second-order valence-corrected chi connectivity index (χ2v) is 8.84. The highest BCUT2D eigenvalue weighted by Crippen LogP contribution is 2.54. The van der Waals surface area contributed by atoms with Crippen molar-refractivity contribution in [1.29, 1.82) is 0 Å². The van der Waals surface area contributed by atoms with Crippen LogP contribution >= 0.6 is 0 Å². The smallest absolute Gasteiger partial charge is 0.140 e. The van der Waals surface area contributed by atoms with Crippen molar-refractivity contribution in [1.82, 2.24) is 9.97 Å². The van der Waals surface area contributed by atoms with Gasteiger partial charge in [0, 0.05) is 29.3 Å². The van der Waals surface area contributed by atoms with E-state index in [9.17, 15) is 9.50 Å². The van der Waals surface area contributed by atoms with Gasteiger partial charge in [0.1, 0.15) is 22.8 Å². The first-order chi connectivity index (χ1) is 13.7. The zero-order valence-electron chi connectivity index (χ0n) is 16.9. The fraction of sp³-hybridized carbons (Fsp3) is 0.435. The number of alkyl halides is 1. The third kappa shape index (κ3) is 3.62. The Hall–Kier alpha value is -2.47. The first-order valence-corrected chi connectivity index (χ1v) is 9.83. The maximum absolute atomic E-state index is 15.4. The van der Waals surface area contributed by atoms with E-state index in [0.29, 0.717) is 24.2 Å². The Morgan fingerprint density at radius 1 is 1.24 bits per heavy atom. The Kier molecular flexibility index (Phi) is 4.65. The highest BCUT2D eigenvalue weighted by molar-refractivity contribution is 5.79. The second kappa shape index (κ2) is 6.80. The van der Waals surface area contributed by atoms with Crippen LogP contribution in [0.3, 0.4) is 0 Å². The summed E-state index contributed by atoms with van der Waals surface area (Å²) in [6.07, 6.45) is 4.32. The Morgan fingerprint density at radius 3 is 2.66 bits per heavy atom. The van der Waals surface area contributed by atoms with Crippen LogP contribution < -0.4 is 4.74 Å². The van der Waals surface area contributed by atoms with E-state index in [0.717, 1.165) is 16.6 Å². The second-order valence-electron chi connectivity index (χ2n) is 8.84. The first-order valence-electron chi connectivity index (χ1n) is 9.83. The number of nitrogens with zero attached hydrogens (tertiary/aromatic N) is 1. The molecule has 0 saturated heterocycles. The molecule has 0 radical (unpaired) electrons. The highest BCUT2D eigenvalue weighted by Gasteiger charge is 2.61. The summed E-state index contributed by atoms with van der Waals surface area (Å²) in [4.78, 5) is 7.33. The van der Waals surface area contributed by atoms with Gasteiger partial charge in [0.2, 0.25) is 0 Å². The Balaban J connectivity index is 1.69. The average Bonchev–Trinajstić information content (AvgIpc) is 3.30. The molecular formula is C23H26F2N2O2. The third-order valence-electron chi connectivity index (χ3n) is 6.11. The molecule has 154 valence electrons. The minimum absolute atomic E-state index is 0.129. The number of aromatic amines is 1. The van der Waals surface area contributed by atoms with E-state index in [1.54, 1.807) is 18.5 Å². The number of hydrogen-bond donors (Lipinski definition) is 2. The number of fused-ring (bicyclic) bond motifs is 1. The SMILES string of the molecule is COc1ccc(F)cc1C(C)(C)CC(O)(Cc1cc2ccncc2[nH]1)C1(F)CC1. The van der Waals surface area contributed by atoms with E-state index in [1.807, 2.05) is 26.0 Å². The molecule has 2 aromatic heterocycles. The summed E-state index contributed by atoms with van der Waals surface area (Å²) in [6, 6.07) is 8.10. The molecule has 6 heteroatoms. The van der Waals surface area contributed by atoms with Gasteiger partial charge in [-0.2, -0.15) is 0 Å². The van der Waals surface area contributed by atoms with Crippen molar-refractivity contribution in [2.45, 2.75) is 56.2 Å². The molecule has 4 rings (SSSR count). The van der Waals surface area contributed by atoms with E-state index < -0.39 is 16.7 Å². The standard InChI is InChI=1S/C23H26F2N2O2/c1-21(2,18-11-16(24)4-5-20(18)29-3)14-23(28,22(25)7-8-22)12-17-10-15-6-9-26-13-19(15)27-17/h4-6,9-11,13,27-28H,7-8,12,14H2,1-3H3. The number of pyridine rings is 1. The molecule has 0 amide bonds. The van der Waals surface area contributed by atoms with Gasteiger partial charge < -0.3 is 14.8 Å². The molecule has 2 N–H and O–H groups in total. The van der Waals surface area contributed by atoms with E-state index in [1.165, 1.54) is 19.2 Å². The molecule has 29 heavy (non-hydrogen) atoms. The number of halogens is 2. The van der Waals surface area contributed by atoms with Crippen LogP contribution in [0.5, 0.6) is 5.75 Å². The molecule has 1 atom stereocenters. The Bertz CT molecular complexity index is 1010. The summed E-state index contributed by atoms with van der Waals surface area (Å²) in [6.45, 7) is 3.77. The molecule has 1 saturated carbocycles. The molecular weight excluding hydrogens is 374 g/mol.